The smallest absolute Gasteiger partial charge is 0.220 e. The fourth-order valence-corrected chi connectivity index (χ4v) is 3.57. The second-order valence-electron chi connectivity index (χ2n) is 8.66. The molecular formula is C28H44N2O3. The van der Waals surface area contributed by atoms with Crippen molar-refractivity contribution < 1.29 is 15.0 Å². The minimum absolute atomic E-state index is 0.0772. The Bertz CT molecular complexity index is 728. The third-order valence-electron chi connectivity index (χ3n) is 5.60. The zero-order chi connectivity index (χ0) is 24.3. The summed E-state index contributed by atoms with van der Waals surface area (Å²) in [7, 11) is 0. The van der Waals surface area contributed by atoms with Crippen LogP contribution in [0.1, 0.15) is 57.9 Å². The molecule has 0 saturated heterocycles. The van der Waals surface area contributed by atoms with E-state index in [1.165, 1.54) is 5.56 Å². The van der Waals surface area contributed by atoms with Crippen molar-refractivity contribution in [3.05, 3.63) is 71.8 Å². The molecule has 1 aromatic rings. The largest absolute Gasteiger partial charge is 0.394 e. The molecule has 0 aliphatic heterocycles. The summed E-state index contributed by atoms with van der Waals surface area (Å²) in [6, 6.07) is 10.5. The average molecular weight is 457 g/mol. The lowest BCUT2D eigenvalue weighted by Crippen LogP contribution is -2.36. The zero-order valence-electron chi connectivity index (χ0n) is 20.6. The summed E-state index contributed by atoms with van der Waals surface area (Å²) in [6.45, 7) is 11.0. The van der Waals surface area contributed by atoms with E-state index < -0.39 is 6.10 Å². The minimum atomic E-state index is -0.622. The first-order valence-corrected chi connectivity index (χ1v) is 12.2. The van der Waals surface area contributed by atoms with Gasteiger partial charge >= 0.3 is 0 Å². The van der Waals surface area contributed by atoms with E-state index in [0.717, 1.165) is 62.9 Å². The molecule has 1 amide bonds. The van der Waals surface area contributed by atoms with Crippen molar-refractivity contribution in [1.29, 1.82) is 0 Å². The standard InChI is InChI=1S/C28H44N2O3/c1-4-25(16-15-24(2)3)17-18-28(33)29-19-22-30(20-9-8-14-27(32)23-31)21-10-13-26-11-6-5-7-12-26/h4-7,11-12,15-16,27,31-32H,2,8-10,13-14,17-23H2,1,3H3,(H,29,33)/b16-15-,25-4+. The van der Waals surface area contributed by atoms with Crippen LogP contribution in [0.2, 0.25) is 0 Å². The van der Waals surface area contributed by atoms with Gasteiger partial charge in [0.2, 0.25) is 5.91 Å². The highest BCUT2D eigenvalue weighted by atomic mass is 16.3. The van der Waals surface area contributed by atoms with Crippen LogP contribution in [-0.4, -0.2) is 59.9 Å². The van der Waals surface area contributed by atoms with Gasteiger partial charge in [0.1, 0.15) is 0 Å². The van der Waals surface area contributed by atoms with Gasteiger partial charge in [0.05, 0.1) is 12.7 Å². The third kappa shape index (κ3) is 15.3. The maximum Gasteiger partial charge on any atom is 0.220 e. The molecule has 33 heavy (non-hydrogen) atoms. The van der Waals surface area contributed by atoms with Crippen molar-refractivity contribution in [2.75, 3.05) is 32.8 Å². The van der Waals surface area contributed by atoms with Crippen LogP contribution >= 0.6 is 0 Å². The van der Waals surface area contributed by atoms with Gasteiger partial charge in [0, 0.05) is 19.5 Å². The quantitative estimate of drug-likeness (QED) is 0.226. The lowest BCUT2D eigenvalue weighted by atomic mass is 10.1. The highest BCUT2D eigenvalue weighted by molar-refractivity contribution is 5.76. The maximum atomic E-state index is 12.3. The van der Waals surface area contributed by atoms with Crippen LogP contribution in [0.15, 0.2) is 66.3 Å². The van der Waals surface area contributed by atoms with E-state index >= 15 is 0 Å². The molecule has 1 rings (SSSR count). The number of nitrogens with zero attached hydrogens (tertiary/aromatic N) is 1. The van der Waals surface area contributed by atoms with Crippen LogP contribution in [0.3, 0.4) is 0 Å². The zero-order valence-corrected chi connectivity index (χ0v) is 20.6. The first-order valence-electron chi connectivity index (χ1n) is 12.2. The molecule has 0 aliphatic rings. The summed E-state index contributed by atoms with van der Waals surface area (Å²) in [5.41, 5.74) is 3.48. The van der Waals surface area contributed by atoms with Crippen LogP contribution in [-0.2, 0) is 11.2 Å². The molecule has 0 fully saturated rings. The van der Waals surface area contributed by atoms with Crippen LogP contribution in [0.4, 0.5) is 0 Å². The molecule has 0 spiro atoms. The Morgan fingerprint density at radius 2 is 1.82 bits per heavy atom. The molecule has 184 valence electrons. The Morgan fingerprint density at radius 1 is 1.09 bits per heavy atom. The van der Waals surface area contributed by atoms with E-state index in [4.69, 9.17) is 5.11 Å². The van der Waals surface area contributed by atoms with E-state index in [0.29, 0.717) is 19.4 Å². The number of rotatable bonds is 18. The van der Waals surface area contributed by atoms with Crippen molar-refractivity contribution in [1.82, 2.24) is 10.2 Å². The Kier molecular flexibility index (Phi) is 15.9. The van der Waals surface area contributed by atoms with Crippen molar-refractivity contribution >= 4 is 5.91 Å². The molecule has 5 nitrogen and oxygen atoms in total. The van der Waals surface area contributed by atoms with Gasteiger partial charge in [0.15, 0.2) is 0 Å². The Labute approximate surface area is 200 Å². The van der Waals surface area contributed by atoms with E-state index in [1.54, 1.807) is 0 Å². The Balaban J connectivity index is 2.40. The monoisotopic (exact) mass is 456 g/mol. The lowest BCUT2D eigenvalue weighted by Gasteiger charge is -2.23. The highest BCUT2D eigenvalue weighted by Crippen LogP contribution is 2.09. The van der Waals surface area contributed by atoms with Gasteiger partial charge < -0.3 is 20.4 Å². The van der Waals surface area contributed by atoms with Crippen molar-refractivity contribution in [3.8, 4) is 0 Å². The van der Waals surface area contributed by atoms with E-state index in [9.17, 15) is 9.90 Å². The number of aliphatic hydroxyl groups excluding tert-OH is 2. The molecule has 0 aliphatic carbocycles. The van der Waals surface area contributed by atoms with E-state index in [-0.39, 0.29) is 12.5 Å². The number of hydrogen-bond donors (Lipinski definition) is 3. The SMILES string of the molecule is C=C(C)/C=C\C(=C/C)CCC(=O)NCCN(CCCCC(O)CO)CCCc1ccccc1. The summed E-state index contributed by atoms with van der Waals surface area (Å²) in [6.07, 6.45) is 11.2. The molecule has 3 N–H and O–H groups in total. The van der Waals surface area contributed by atoms with Crippen LogP contribution in [0, 0.1) is 0 Å². The number of nitrogens with one attached hydrogen (secondary N) is 1. The molecule has 5 heteroatoms. The summed E-state index contributed by atoms with van der Waals surface area (Å²) in [5, 5.41) is 21.6. The number of hydrogen-bond acceptors (Lipinski definition) is 4. The number of aryl methyl sites for hydroxylation is 1. The summed E-state index contributed by atoms with van der Waals surface area (Å²) < 4.78 is 0. The van der Waals surface area contributed by atoms with Gasteiger partial charge in [-0.3, -0.25) is 4.79 Å². The molecule has 1 atom stereocenters. The predicted molar refractivity (Wildman–Crippen MR) is 138 cm³/mol. The second-order valence-corrected chi connectivity index (χ2v) is 8.66. The number of carbonyl (C=O) groups is 1. The topological polar surface area (TPSA) is 72.8 Å². The van der Waals surface area contributed by atoms with Crippen LogP contribution in [0.5, 0.6) is 0 Å². The van der Waals surface area contributed by atoms with Gasteiger partial charge in [-0.1, -0.05) is 66.3 Å². The van der Waals surface area contributed by atoms with Crippen LogP contribution in [0.25, 0.3) is 0 Å². The Morgan fingerprint density at radius 3 is 2.48 bits per heavy atom. The number of unbranched alkanes of at least 4 members (excludes halogenated alkanes) is 1. The Hall–Kier alpha value is -2.21. The third-order valence-corrected chi connectivity index (χ3v) is 5.60. The number of benzene rings is 1. The number of amides is 1. The number of aliphatic hydroxyl groups is 2. The predicted octanol–water partition coefficient (Wildman–Crippen LogP) is 4.42. The summed E-state index contributed by atoms with van der Waals surface area (Å²) in [5.74, 6) is 0.0772. The molecule has 1 unspecified atom stereocenters. The van der Waals surface area contributed by atoms with Gasteiger partial charge in [-0.25, -0.2) is 0 Å². The minimum Gasteiger partial charge on any atom is -0.394 e. The lowest BCUT2D eigenvalue weighted by molar-refractivity contribution is -0.121. The van der Waals surface area contributed by atoms with Gasteiger partial charge in [-0.05, 0) is 71.0 Å². The van der Waals surface area contributed by atoms with Crippen molar-refractivity contribution in [3.63, 3.8) is 0 Å². The van der Waals surface area contributed by atoms with Gasteiger partial charge in [-0.15, -0.1) is 0 Å². The molecular weight excluding hydrogens is 412 g/mol. The molecule has 0 radical (unpaired) electrons. The summed E-state index contributed by atoms with van der Waals surface area (Å²) >= 11 is 0. The highest BCUT2D eigenvalue weighted by Gasteiger charge is 2.08. The average Bonchev–Trinajstić information content (AvgIpc) is 2.81. The maximum absolute atomic E-state index is 12.3. The fourth-order valence-electron chi connectivity index (χ4n) is 3.57. The fraction of sp³-hybridized carbons (Fsp3) is 0.536. The molecule has 0 bridgehead atoms. The first kappa shape index (κ1) is 28.8. The van der Waals surface area contributed by atoms with Gasteiger partial charge in [0.25, 0.3) is 0 Å². The van der Waals surface area contributed by atoms with Crippen molar-refractivity contribution in [2.45, 2.75) is 64.9 Å². The van der Waals surface area contributed by atoms with Gasteiger partial charge in [-0.2, -0.15) is 0 Å². The second kappa shape index (κ2) is 18.2. The molecule has 1 aromatic carbocycles. The molecule has 0 aromatic heterocycles. The molecule has 0 saturated carbocycles. The van der Waals surface area contributed by atoms with E-state index in [1.807, 2.05) is 38.1 Å². The molecule has 0 heterocycles. The first-order chi connectivity index (χ1) is 15.9. The number of allylic oxidation sites excluding steroid dienone is 5. The van der Waals surface area contributed by atoms with E-state index in [2.05, 4.69) is 41.1 Å². The van der Waals surface area contributed by atoms with Crippen LogP contribution < -0.4 is 5.32 Å². The normalized spacial score (nSPS) is 12.9. The number of carbonyl (C=O) groups excluding carboxylic acids is 1. The summed E-state index contributed by atoms with van der Waals surface area (Å²) in [4.78, 5) is 14.7. The van der Waals surface area contributed by atoms with Crippen molar-refractivity contribution in [2.24, 2.45) is 0 Å².